The first-order valence-electron chi connectivity index (χ1n) is 7.68. The van der Waals surface area contributed by atoms with Crippen molar-refractivity contribution in [3.05, 3.63) is 22.5 Å². The van der Waals surface area contributed by atoms with Gasteiger partial charge in [-0.1, -0.05) is 0 Å². The number of Topliss-reactive ketones (excluding diaryl/α,β-unsaturated/α-hetero) is 2. The molecule has 1 aromatic rings. The van der Waals surface area contributed by atoms with Crippen molar-refractivity contribution in [1.29, 1.82) is 0 Å². The third-order valence-electron chi connectivity index (χ3n) is 4.65. The van der Waals surface area contributed by atoms with Crippen LogP contribution in [0.25, 0.3) is 0 Å². The van der Waals surface area contributed by atoms with E-state index in [4.69, 9.17) is 0 Å². The first-order valence-corrected chi connectivity index (χ1v) is 7.68. The lowest BCUT2D eigenvalue weighted by molar-refractivity contribution is -0.127. The second kappa shape index (κ2) is 5.33. The Morgan fingerprint density at radius 2 is 1.96 bits per heavy atom. The highest BCUT2D eigenvalue weighted by Crippen LogP contribution is 2.28. The van der Waals surface area contributed by atoms with Crippen LogP contribution in [0.3, 0.4) is 0 Å². The maximum absolute atomic E-state index is 12.5. The Balaban J connectivity index is 1.83. The van der Waals surface area contributed by atoms with E-state index in [0.717, 1.165) is 11.3 Å². The molecule has 0 aliphatic carbocycles. The maximum atomic E-state index is 12.5. The third-order valence-corrected chi connectivity index (χ3v) is 4.65. The van der Waals surface area contributed by atoms with Gasteiger partial charge in [-0.05, 0) is 39.2 Å². The number of aromatic amines is 1. The number of nitrogens with zero attached hydrogens (tertiary/aromatic N) is 2. The molecule has 0 spiro atoms. The Labute approximate surface area is 133 Å². The molecule has 7 nitrogen and oxygen atoms in total. The second-order valence-electron chi connectivity index (χ2n) is 6.16. The fraction of sp³-hybridized carbons (Fsp3) is 0.500. The Bertz CT molecular complexity index is 712. The lowest BCUT2D eigenvalue weighted by atomic mass is 10.1. The number of aryl methyl sites for hydroxylation is 1. The number of hydrogen-bond acceptors (Lipinski definition) is 4. The summed E-state index contributed by atoms with van der Waals surface area (Å²) < 4.78 is 0. The van der Waals surface area contributed by atoms with Crippen LogP contribution in [-0.2, 0) is 4.79 Å². The molecule has 2 saturated heterocycles. The van der Waals surface area contributed by atoms with Crippen LogP contribution in [0.2, 0.25) is 0 Å². The summed E-state index contributed by atoms with van der Waals surface area (Å²) in [5.41, 5.74) is 1.98. The summed E-state index contributed by atoms with van der Waals surface area (Å²) in [6, 6.07) is -0.798. The van der Waals surface area contributed by atoms with E-state index in [1.54, 1.807) is 13.8 Å². The number of imide groups is 1. The quantitative estimate of drug-likeness (QED) is 0.672. The highest BCUT2D eigenvalue weighted by atomic mass is 16.2. The number of aromatic nitrogens is 1. The number of nitrogens with one attached hydrogen (secondary N) is 1. The molecule has 0 aromatic carbocycles. The number of H-pyrrole nitrogens is 1. The van der Waals surface area contributed by atoms with E-state index in [0.29, 0.717) is 35.5 Å². The Morgan fingerprint density at radius 1 is 1.26 bits per heavy atom. The molecule has 0 bridgehead atoms. The van der Waals surface area contributed by atoms with E-state index in [-0.39, 0.29) is 24.0 Å². The fourth-order valence-electron chi connectivity index (χ4n) is 3.61. The summed E-state index contributed by atoms with van der Waals surface area (Å²) in [7, 11) is 0. The minimum absolute atomic E-state index is 0.121. The first-order chi connectivity index (χ1) is 10.8. The van der Waals surface area contributed by atoms with Gasteiger partial charge in [0.2, 0.25) is 0 Å². The molecule has 3 heterocycles. The van der Waals surface area contributed by atoms with Crippen LogP contribution in [0.4, 0.5) is 4.79 Å². The molecule has 7 heteroatoms. The molecule has 0 saturated carbocycles. The molecule has 1 N–H and O–H groups in total. The molecule has 23 heavy (non-hydrogen) atoms. The van der Waals surface area contributed by atoms with Crippen LogP contribution in [0.15, 0.2) is 0 Å². The van der Waals surface area contributed by atoms with Crippen molar-refractivity contribution in [3.63, 3.8) is 0 Å². The molecular formula is C16H19N3O4. The minimum Gasteiger partial charge on any atom is -0.355 e. The largest absolute Gasteiger partial charge is 0.355 e. The number of hydrogen-bond donors (Lipinski definition) is 1. The SMILES string of the molecule is CC(=O)c1c(C)[nH]c(C(=O)CN2C(=O)[C@@H]3CCCN3C2=O)c1C. The number of ketones is 2. The van der Waals surface area contributed by atoms with Crippen molar-refractivity contribution in [1.82, 2.24) is 14.8 Å². The van der Waals surface area contributed by atoms with Gasteiger partial charge < -0.3 is 9.88 Å². The van der Waals surface area contributed by atoms with E-state index < -0.39 is 12.1 Å². The summed E-state index contributed by atoms with van der Waals surface area (Å²) in [5.74, 6) is -0.779. The van der Waals surface area contributed by atoms with Crippen molar-refractivity contribution in [3.8, 4) is 0 Å². The van der Waals surface area contributed by atoms with Crippen LogP contribution in [0.5, 0.6) is 0 Å². The van der Waals surface area contributed by atoms with Crippen molar-refractivity contribution in [2.75, 3.05) is 13.1 Å². The van der Waals surface area contributed by atoms with Gasteiger partial charge in [0.15, 0.2) is 11.6 Å². The highest BCUT2D eigenvalue weighted by Gasteiger charge is 2.47. The van der Waals surface area contributed by atoms with Crippen molar-refractivity contribution in [2.45, 2.75) is 39.7 Å². The van der Waals surface area contributed by atoms with E-state index in [2.05, 4.69) is 4.98 Å². The lowest BCUT2D eigenvalue weighted by Crippen LogP contribution is -2.37. The van der Waals surface area contributed by atoms with Crippen molar-refractivity contribution < 1.29 is 19.2 Å². The topological polar surface area (TPSA) is 90.6 Å². The first kappa shape index (κ1) is 15.5. The number of carbonyl (C=O) groups excluding carboxylic acids is 4. The maximum Gasteiger partial charge on any atom is 0.327 e. The van der Waals surface area contributed by atoms with E-state index >= 15 is 0 Å². The van der Waals surface area contributed by atoms with Crippen LogP contribution < -0.4 is 0 Å². The predicted molar refractivity (Wildman–Crippen MR) is 81.4 cm³/mol. The lowest BCUT2D eigenvalue weighted by Gasteiger charge is -2.14. The highest BCUT2D eigenvalue weighted by molar-refractivity contribution is 6.10. The summed E-state index contributed by atoms with van der Waals surface area (Å²) >= 11 is 0. The van der Waals surface area contributed by atoms with Gasteiger partial charge in [0.25, 0.3) is 5.91 Å². The summed E-state index contributed by atoms with van der Waals surface area (Å²) in [4.78, 5) is 54.2. The van der Waals surface area contributed by atoms with Gasteiger partial charge in [-0.15, -0.1) is 0 Å². The standard InChI is InChI=1S/C16H19N3O4/c1-8-13(10(3)20)9(2)17-14(8)12(21)7-19-15(22)11-5-4-6-18(11)16(19)23/h11,17H,4-7H2,1-3H3/t11-/m0/s1. The predicted octanol–water partition coefficient (Wildman–Crippen LogP) is 1.44. The number of rotatable bonds is 4. The summed E-state index contributed by atoms with van der Waals surface area (Å²) in [6.07, 6.45) is 1.48. The zero-order valence-corrected chi connectivity index (χ0v) is 13.4. The zero-order chi connectivity index (χ0) is 16.9. The van der Waals surface area contributed by atoms with Gasteiger partial charge in [0, 0.05) is 17.8 Å². The molecule has 2 fully saturated rings. The van der Waals surface area contributed by atoms with E-state index in [9.17, 15) is 19.2 Å². The number of urea groups is 1. The smallest absolute Gasteiger partial charge is 0.327 e. The molecule has 0 unspecified atom stereocenters. The molecule has 122 valence electrons. The third kappa shape index (κ3) is 2.27. The number of carbonyl (C=O) groups is 4. The van der Waals surface area contributed by atoms with Crippen LogP contribution in [-0.4, -0.2) is 57.4 Å². The summed E-state index contributed by atoms with van der Waals surface area (Å²) in [5, 5.41) is 0. The molecule has 2 aliphatic heterocycles. The van der Waals surface area contributed by atoms with E-state index in [1.165, 1.54) is 11.8 Å². The normalized spacial score (nSPS) is 20.4. The van der Waals surface area contributed by atoms with E-state index in [1.807, 2.05) is 0 Å². The van der Waals surface area contributed by atoms with Gasteiger partial charge in [0.1, 0.15) is 6.04 Å². The van der Waals surface area contributed by atoms with Gasteiger partial charge in [-0.3, -0.25) is 19.3 Å². The van der Waals surface area contributed by atoms with Gasteiger partial charge in [-0.2, -0.15) is 0 Å². The number of amides is 3. The average Bonchev–Trinajstić information content (AvgIpc) is 3.12. The molecule has 3 amide bonds. The number of fused-ring (bicyclic) bond motifs is 1. The molecular weight excluding hydrogens is 298 g/mol. The second-order valence-corrected chi connectivity index (χ2v) is 6.16. The zero-order valence-electron chi connectivity index (χ0n) is 13.4. The molecule has 1 atom stereocenters. The monoisotopic (exact) mass is 317 g/mol. The fourth-order valence-corrected chi connectivity index (χ4v) is 3.61. The molecule has 0 radical (unpaired) electrons. The Morgan fingerprint density at radius 3 is 2.52 bits per heavy atom. The van der Waals surface area contributed by atoms with Crippen LogP contribution >= 0.6 is 0 Å². The average molecular weight is 317 g/mol. The van der Waals surface area contributed by atoms with Crippen LogP contribution in [0, 0.1) is 13.8 Å². The van der Waals surface area contributed by atoms with Gasteiger partial charge >= 0.3 is 6.03 Å². The van der Waals surface area contributed by atoms with Gasteiger partial charge in [-0.25, -0.2) is 4.79 Å². The Hall–Kier alpha value is -2.44. The van der Waals surface area contributed by atoms with Crippen molar-refractivity contribution >= 4 is 23.5 Å². The van der Waals surface area contributed by atoms with Crippen molar-refractivity contribution in [2.24, 2.45) is 0 Å². The molecule has 1 aromatic heterocycles. The van der Waals surface area contributed by atoms with Gasteiger partial charge in [0.05, 0.1) is 12.2 Å². The molecule has 2 aliphatic rings. The summed E-state index contributed by atoms with van der Waals surface area (Å²) in [6.45, 7) is 5.14. The minimum atomic E-state index is -0.408. The van der Waals surface area contributed by atoms with Crippen LogP contribution in [0.1, 0.15) is 51.9 Å². The molecule has 3 rings (SSSR count). The Kier molecular flexibility index (Phi) is 3.58.